The van der Waals surface area contributed by atoms with E-state index >= 15 is 0 Å². The number of carbonyl (C=O) groups is 2. The van der Waals surface area contributed by atoms with Crippen LogP contribution in [0.1, 0.15) is 15.9 Å². The number of ether oxygens (including phenoxy) is 1. The van der Waals surface area contributed by atoms with Gasteiger partial charge in [-0.1, -0.05) is 35.3 Å². The van der Waals surface area contributed by atoms with Gasteiger partial charge in [0.1, 0.15) is 5.82 Å². The van der Waals surface area contributed by atoms with E-state index in [0.717, 1.165) is 6.08 Å². The lowest BCUT2D eigenvalue weighted by Gasteiger charge is -2.07. The third-order valence-electron chi connectivity index (χ3n) is 2.65. The molecule has 0 saturated carbocycles. The fourth-order valence-corrected chi connectivity index (χ4v) is 2.20. The van der Waals surface area contributed by atoms with Crippen molar-refractivity contribution >= 4 is 41.5 Å². The fraction of sp³-hybridized carbons (Fsp3) is 0. The summed E-state index contributed by atoms with van der Waals surface area (Å²) in [5.41, 5.74) is 0.692. The summed E-state index contributed by atoms with van der Waals surface area (Å²) in [6.45, 7) is 0. The second kappa shape index (κ2) is 7.20. The minimum absolute atomic E-state index is 0.0538. The number of carbonyl (C=O) groups excluding carboxylic acids is 2. The number of hydrogen-bond donors (Lipinski definition) is 0. The SMILES string of the molecule is O=Cc1cc(Cl)cc(Cl)c1OC(=O)C=Cc1ccc(F)cc1. The van der Waals surface area contributed by atoms with Crippen LogP contribution in [0.3, 0.4) is 0 Å². The van der Waals surface area contributed by atoms with Crippen LogP contribution >= 0.6 is 23.2 Å². The summed E-state index contributed by atoms with van der Waals surface area (Å²) >= 11 is 11.7. The minimum Gasteiger partial charge on any atom is -0.421 e. The number of esters is 1. The average Bonchev–Trinajstić information content (AvgIpc) is 2.49. The zero-order chi connectivity index (χ0) is 16.1. The molecule has 2 rings (SSSR count). The van der Waals surface area contributed by atoms with Crippen molar-refractivity contribution in [2.45, 2.75) is 0 Å². The summed E-state index contributed by atoms with van der Waals surface area (Å²) in [6.07, 6.45) is 3.09. The molecule has 112 valence electrons. The first kappa shape index (κ1) is 16.2. The zero-order valence-electron chi connectivity index (χ0n) is 11.1. The van der Waals surface area contributed by atoms with Crippen LogP contribution in [0.5, 0.6) is 5.75 Å². The molecule has 0 aromatic heterocycles. The van der Waals surface area contributed by atoms with Crippen molar-refractivity contribution in [1.82, 2.24) is 0 Å². The average molecular weight is 339 g/mol. The highest BCUT2D eigenvalue weighted by Gasteiger charge is 2.13. The standard InChI is InChI=1S/C16H9Cl2FO3/c17-12-7-11(9-20)16(14(18)8-12)22-15(21)6-3-10-1-4-13(19)5-2-10/h1-9H. The van der Waals surface area contributed by atoms with Crippen LogP contribution in [0.2, 0.25) is 10.0 Å². The monoisotopic (exact) mass is 338 g/mol. The minimum atomic E-state index is -0.725. The van der Waals surface area contributed by atoms with Gasteiger partial charge in [-0.25, -0.2) is 9.18 Å². The first-order valence-electron chi connectivity index (χ1n) is 6.09. The summed E-state index contributed by atoms with van der Waals surface area (Å²) in [5.74, 6) is -1.16. The smallest absolute Gasteiger partial charge is 0.336 e. The molecule has 0 atom stereocenters. The molecule has 0 aliphatic carbocycles. The molecule has 0 N–H and O–H groups in total. The van der Waals surface area contributed by atoms with E-state index in [1.807, 2.05) is 0 Å². The van der Waals surface area contributed by atoms with E-state index in [9.17, 15) is 14.0 Å². The van der Waals surface area contributed by atoms with Gasteiger partial charge < -0.3 is 4.74 Å². The molecule has 0 bridgehead atoms. The maximum Gasteiger partial charge on any atom is 0.336 e. The molecule has 0 radical (unpaired) electrons. The summed E-state index contributed by atoms with van der Waals surface area (Å²) in [4.78, 5) is 22.7. The Labute approximate surface area is 135 Å². The summed E-state index contributed by atoms with van der Waals surface area (Å²) in [7, 11) is 0. The van der Waals surface area contributed by atoms with E-state index in [1.165, 1.54) is 42.5 Å². The quantitative estimate of drug-likeness (QED) is 0.355. The number of hydrogen-bond acceptors (Lipinski definition) is 3. The maximum absolute atomic E-state index is 12.8. The first-order chi connectivity index (χ1) is 10.5. The van der Waals surface area contributed by atoms with Crippen LogP contribution in [0.4, 0.5) is 4.39 Å². The highest BCUT2D eigenvalue weighted by Crippen LogP contribution is 2.31. The number of rotatable bonds is 4. The van der Waals surface area contributed by atoms with Crippen molar-refractivity contribution in [3.63, 3.8) is 0 Å². The zero-order valence-corrected chi connectivity index (χ0v) is 12.6. The van der Waals surface area contributed by atoms with Crippen LogP contribution in [0, 0.1) is 5.82 Å². The second-order valence-electron chi connectivity index (χ2n) is 4.23. The molecule has 2 aromatic rings. The van der Waals surface area contributed by atoms with Gasteiger partial charge in [0.15, 0.2) is 12.0 Å². The Kier molecular flexibility index (Phi) is 5.31. The molecule has 0 aliphatic rings. The fourth-order valence-electron chi connectivity index (χ4n) is 1.65. The van der Waals surface area contributed by atoms with Gasteiger partial charge >= 0.3 is 5.97 Å². The predicted octanol–water partition coefficient (Wildman–Crippen LogP) is 4.56. The lowest BCUT2D eigenvalue weighted by molar-refractivity contribution is -0.128. The molecule has 0 heterocycles. The lowest BCUT2D eigenvalue weighted by atomic mass is 10.2. The highest BCUT2D eigenvalue weighted by atomic mass is 35.5. The Morgan fingerprint density at radius 2 is 1.82 bits per heavy atom. The van der Waals surface area contributed by atoms with E-state index < -0.39 is 5.97 Å². The Balaban J connectivity index is 2.15. The van der Waals surface area contributed by atoms with Gasteiger partial charge in [-0.15, -0.1) is 0 Å². The van der Waals surface area contributed by atoms with Crippen molar-refractivity contribution in [1.29, 1.82) is 0 Å². The van der Waals surface area contributed by atoms with E-state index in [4.69, 9.17) is 27.9 Å². The van der Waals surface area contributed by atoms with E-state index in [0.29, 0.717) is 11.8 Å². The number of aldehydes is 1. The Morgan fingerprint density at radius 3 is 2.45 bits per heavy atom. The summed E-state index contributed by atoms with van der Waals surface area (Å²) in [5, 5.41) is 0.312. The molecule has 0 amide bonds. The molecule has 22 heavy (non-hydrogen) atoms. The summed E-state index contributed by atoms with van der Waals surface area (Å²) < 4.78 is 17.8. The third-order valence-corrected chi connectivity index (χ3v) is 3.15. The second-order valence-corrected chi connectivity index (χ2v) is 5.07. The van der Waals surface area contributed by atoms with E-state index in [2.05, 4.69) is 0 Å². The highest BCUT2D eigenvalue weighted by molar-refractivity contribution is 6.36. The van der Waals surface area contributed by atoms with Crippen molar-refractivity contribution in [2.24, 2.45) is 0 Å². The van der Waals surface area contributed by atoms with Gasteiger partial charge in [0, 0.05) is 11.1 Å². The molecule has 6 heteroatoms. The van der Waals surface area contributed by atoms with Gasteiger partial charge in [-0.05, 0) is 35.9 Å². The number of halogens is 3. The van der Waals surface area contributed by atoms with Gasteiger partial charge in [0.25, 0.3) is 0 Å². The molecule has 0 unspecified atom stereocenters. The van der Waals surface area contributed by atoms with Crippen molar-refractivity contribution in [2.75, 3.05) is 0 Å². The van der Waals surface area contributed by atoms with Gasteiger partial charge in [-0.3, -0.25) is 4.79 Å². The van der Waals surface area contributed by atoms with Crippen LogP contribution in [-0.2, 0) is 4.79 Å². The Bertz CT molecular complexity index is 740. The van der Waals surface area contributed by atoms with E-state index in [-0.39, 0.29) is 27.2 Å². The Morgan fingerprint density at radius 1 is 1.14 bits per heavy atom. The van der Waals surface area contributed by atoms with Gasteiger partial charge in [-0.2, -0.15) is 0 Å². The van der Waals surface area contributed by atoms with Crippen molar-refractivity contribution < 1.29 is 18.7 Å². The molecule has 3 nitrogen and oxygen atoms in total. The molecule has 0 saturated heterocycles. The lowest BCUT2D eigenvalue weighted by Crippen LogP contribution is -2.06. The van der Waals surface area contributed by atoms with Crippen LogP contribution in [0.15, 0.2) is 42.5 Å². The number of benzene rings is 2. The van der Waals surface area contributed by atoms with Crippen LogP contribution in [0.25, 0.3) is 6.08 Å². The predicted molar refractivity (Wildman–Crippen MR) is 82.9 cm³/mol. The largest absolute Gasteiger partial charge is 0.421 e. The Hall–Kier alpha value is -2.17. The van der Waals surface area contributed by atoms with Crippen LogP contribution < -0.4 is 4.74 Å². The summed E-state index contributed by atoms with van der Waals surface area (Å²) in [6, 6.07) is 8.25. The van der Waals surface area contributed by atoms with Crippen molar-refractivity contribution in [3.05, 3.63) is 69.5 Å². The van der Waals surface area contributed by atoms with Gasteiger partial charge in [0.2, 0.25) is 0 Å². The molecule has 0 spiro atoms. The molecule has 2 aromatic carbocycles. The normalized spacial score (nSPS) is 10.7. The maximum atomic E-state index is 12.8. The van der Waals surface area contributed by atoms with Crippen LogP contribution in [-0.4, -0.2) is 12.3 Å². The third kappa shape index (κ3) is 4.16. The topological polar surface area (TPSA) is 43.4 Å². The molecular formula is C16H9Cl2FO3. The molecule has 0 aliphatic heterocycles. The first-order valence-corrected chi connectivity index (χ1v) is 6.85. The molecular weight excluding hydrogens is 330 g/mol. The van der Waals surface area contributed by atoms with Gasteiger partial charge in [0.05, 0.1) is 10.6 Å². The van der Waals surface area contributed by atoms with Crippen molar-refractivity contribution in [3.8, 4) is 5.75 Å². The van der Waals surface area contributed by atoms with E-state index in [1.54, 1.807) is 0 Å². The molecule has 0 fully saturated rings.